The summed E-state index contributed by atoms with van der Waals surface area (Å²) in [5.74, 6) is 1.04. The molecule has 1 aliphatic heterocycles. The molecule has 2 amide bonds. The molecule has 0 aromatic heterocycles. The summed E-state index contributed by atoms with van der Waals surface area (Å²) in [7, 11) is 1.68. The van der Waals surface area contributed by atoms with Gasteiger partial charge >= 0.3 is 0 Å². The summed E-state index contributed by atoms with van der Waals surface area (Å²) in [5.41, 5.74) is 4.67. The fourth-order valence-corrected chi connectivity index (χ4v) is 4.59. The molecule has 2 aliphatic rings. The zero-order valence-electron chi connectivity index (χ0n) is 18.3. The Morgan fingerprint density at radius 1 is 1.19 bits per heavy atom. The minimum Gasteiger partial charge on any atom is -0.497 e. The van der Waals surface area contributed by atoms with E-state index in [0.717, 1.165) is 30.6 Å². The number of ether oxygens (including phenoxy) is 2. The summed E-state index contributed by atoms with van der Waals surface area (Å²) in [4.78, 5) is 27.6. The minimum atomic E-state index is -0.0206. The lowest BCUT2D eigenvalue weighted by Gasteiger charge is -2.28. The molecular formula is C25H30N2O4. The van der Waals surface area contributed by atoms with Gasteiger partial charge in [-0.15, -0.1) is 0 Å². The number of aryl methyl sites for hydroxylation is 1. The first-order valence-corrected chi connectivity index (χ1v) is 11.0. The molecule has 2 aromatic carbocycles. The maximum absolute atomic E-state index is 12.9. The molecule has 1 heterocycles. The molecule has 1 fully saturated rings. The van der Waals surface area contributed by atoms with Crippen LogP contribution in [-0.2, 0) is 16.0 Å². The van der Waals surface area contributed by atoms with Crippen LogP contribution in [0.2, 0.25) is 0 Å². The molecule has 0 spiro atoms. The van der Waals surface area contributed by atoms with Gasteiger partial charge in [-0.1, -0.05) is 12.1 Å². The molecule has 4 rings (SSSR count). The molecule has 0 saturated carbocycles. The third kappa shape index (κ3) is 4.74. The van der Waals surface area contributed by atoms with Crippen LogP contribution in [0, 0.1) is 6.92 Å². The fraction of sp³-hybridized carbons (Fsp3) is 0.440. The predicted octanol–water partition coefficient (Wildman–Crippen LogP) is 3.92. The highest BCUT2D eigenvalue weighted by Crippen LogP contribution is 2.36. The number of rotatable bonds is 5. The van der Waals surface area contributed by atoms with Crippen molar-refractivity contribution in [3.63, 3.8) is 0 Å². The zero-order valence-corrected chi connectivity index (χ0v) is 18.3. The molecule has 0 radical (unpaired) electrons. The number of methoxy groups -OCH3 is 1. The number of carbonyl (C=O) groups excluding carboxylic acids is 2. The minimum absolute atomic E-state index is 0.00736. The lowest BCUT2D eigenvalue weighted by molar-refractivity contribution is -0.116. The summed E-state index contributed by atoms with van der Waals surface area (Å²) in [5, 5.41) is 3.05. The molecule has 31 heavy (non-hydrogen) atoms. The van der Waals surface area contributed by atoms with E-state index >= 15 is 0 Å². The van der Waals surface area contributed by atoms with Gasteiger partial charge in [0.2, 0.25) is 5.91 Å². The van der Waals surface area contributed by atoms with Gasteiger partial charge in [-0.25, -0.2) is 0 Å². The van der Waals surface area contributed by atoms with Gasteiger partial charge in [0.15, 0.2) is 0 Å². The van der Waals surface area contributed by atoms with Crippen molar-refractivity contribution in [1.29, 1.82) is 0 Å². The van der Waals surface area contributed by atoms with Crippen molar-refractivity contribution in [3.05, 3.63) is 58.7 Å². The Bertz CT molecular complexity index is 966. The van der Waals surface area contributed by atoms with Crippen molar-refractivity contribution in [3.8, 4) is 5.75 Å². The first kappa shape index (κ1) is 21.4. The number of amides is 2. The maximum atomic E-state index is 12.9. The molecule has 164 valence electrons. The quantitative estimate of drug-likeness (QED) is 0.793. The molecule has 1 saturated heterocycles. The van der Waals surface area contributed by atoms with Crippen LogP contribution in [0.15, 0.2) is 36.4 Å². The molecule has 2 aromatic rings. The number of hydrogen-bond donors (Lipinski definition) is 1. The number of fused-ring (bicyclic) bond motifs is 1. The summed E-state index contributed by atoms with van der Waals surface area (Å²) in [6.07, 6.45) is 3.53. The number of carbonyl (C=O) groups is 2. The maximum Gasteiger partial charge on any atom is 0.254 e. The first-order chi connectivity index (χ1) is 15.1. The van der Waals surface area contributed by atoms with E-state index in [4.69, 9.17) is 9.47 Å². The van der Waals surface area contributed by atoms with Gasteiger partial charge in [0.25, 0.3) is 5.91 Å². The van der Waals surface area contributed by atoms with E-state index in [1.807, 2.05) is 36.1 Å². The second-order valence-corrected chi connectivity index (χ2v) is 8.29. The van der Waals surface area contributed by atoms with E-state index in [9.17, 15) is 9.59 Å². The van der Waals surface area contributed by atoms with Crippen LogP contribution in [0.25, 0.3) is 0 Å². The molecule has 1 unspecified atom stereocenters. The van der Waals surface area contributed by atoms with E-state index in [1.165, 1.54) is 11.1 Å². The first-order valence-electron chi connectivity index (χ1n) is 11.0. The Hall–Kier alpha value is -2.86. The highest BCUT2D eigenvalue weighted by Gasteiger charge is 2.24. The largest absolute Gasteiger partial charge is 0.497 e. The second-order valence-electron chi connectivity index (χ2n) is 8.29. The van der Waals surface area contributed by atoms with Gasteiger partial charge in [-0.2, -0.15) is 0 Å². The van der Waals surface area contributed by atoms with E-state index in [0.29, 0.717) is 44.0 Å². The van der Waals surface area contributed by atoms with Gasteiger partial charge in [-0.3, -0.25) is 9.59 Å². The summed E-state index contributed by atoms with van der Waals surface area (Å²) >= 11 is 0. The molecule has 1 aliphatic carbocycles. The highest BCUT2D eigenvalue weighted by atomic mass is 16.5. The van der Waals surface area contributed by atoms with Crippen LogP contribution in [0.4, 0.5) is 5.69 Å². The van der Waals surface area contributed by atoms with Crippen molar-refractivity contribution < 1.29 is 19.1 Å². The van der Waals surface area contributed by atoms with E-state index < -0.39 is 0 Å². The molecule has 1 atom stereocenters. The Morgan fingerprint density at radius 2 is 2.00 bits per heavy atom. The smallest absolute Gasteiger partial charge is 0.254 e. The summed E-state index contributed by atoms with van der Waals surface area (Å²) < 4.78 is 10.7. The summed E-state index contributed by atoms with van der Waals surface area (Å²) in [6.45, 7) is 4.22. The van der Waals surface area contributed by atoms with Crippen molar-refractivity contribution in [2.75, 3.05) is 38.7 Å². The van der Waals surface area contributed by atoms with Gasteiger partial charge in [-0.05, 0) is 73.1 Å². The van der Waals surface area contributed by atoms with Crippen molar-refractivity contribution in [2.24, 2.45) is 0 Å². The van der Waals surface area contributed by atoms with Crippen LogP contribution in [0.1, 0.15) is 52.2 Å². The van der Waals surface area contributed by atoms with E-state index in [1.54, 1.807) is 7.11 Å². The SMILES string of the molecule is COc1ccc2c(c1)CCCC2CC(=O)Nc1cccc(C(=O)N2CCOCC2)c1C. The average Bonchev–Trinajstić information content (AvgIpc) is 2.80. The lowest BCUT2D eigenvalue weighted by atomic mass is 9.81. The Kier molecular flexibility index (Phi) is 6.56. The average molecular weight is 423 g/mol. The Morgan fingerprint density at radius 3 is 2.77 bits per heavy atom. The van der Waals surface area contributed by atoms with Gasteiger partial charge < -0.3 is 19.7 Å². The van der Waals surface area contributed by atoms with E-state index in [-0.39, 0.29) is 17.7 Å². The van der Waals surface area contributed by atoms with Crippen LogP contribution in [-0.4, -0.2) is 50.1 Å². The van der Waals surface area contributed by atoms with Crippen molar-refractivity contribution in [1.82, 2.24) is 4.90 Å². The van der Waals surface area contributed by atoms with Crippen molar-refractivity contribution >= 4 is 17.5 Å². The number of nitrogens with one attached hydrogen (secondary N) is 1. The number of nitrogens with zero attached hydrogens (tertiary/aromatic N) is 1. The number of benzene rings is 2. The van der Waals surface area contributed by atoms with E-state index in [2.05, 4.69) is 17.4 Å². The Labute approximate surface area is 183 Å². The monoisotopic (exact) mass is 422 g/mol. The van der Waals surface area contributed by atoms with Gasteiger partial charge in [0.1, 0.15) is 5.75 Å². The van der Waals surface area contributed by atoms with Crippen LogP contribution < -0.4 is 10.1 Å². The molecule has 6 nitrogen and oxygen atoms in total. The number of morpholine rings is 1. The fourth-order valence-electron chi connectivity index (χ4n) is 4.59. The molecule has 0 bridgehead atoms. The highest BCUT2D eigenvalue weighted by molar-refractivity contribution is 5.99. The summed E-state index contributed by atoms with van der Waals surface area (Å²) in [6, 6.07) is 11.7. The zero-order chi connectivity index (χ0) is 21.8. The third-order valence-corrected chi connectivity index (χ3v) is 6.36. The number of anilines is 1. The van der Waals surface area contributed by atoms with Crippen LogP contribution in [0.5, 0.6) is 5.75 Å². The number of hydrogen-bond acceptors (Lipinski definition) is 4. The predicted molar refractivity (Wildman–Crippen MR) is 120 cm³/mol. The van der Waals surface area contributed by atoms with Gasteiger partial charge in [0, 0.05) is 30.8 Å². The molecular weight excluding hydrogens is 392 g/mol. The van der Waals surface area contributed by atoms with Gasteiger partial charge in [0.05, 0.1) is 20.3 Å². The second kappa shape index (κ2) is 9.52. The van der Waals surface area contributed by atoms with Crippen molar-refractivity contribution in [2.45, 2.75) is 38.5 Å². The normalized spacial score (nSPS) is 18.3. The molecule has 1 N–H and O–H groups in total. The van der Waals surface area contributed by atoms with Crippen LogP contribution in [0.3, 0.4) is 0 Å². The Balaban J connectivity index is 1.45. The van der Waals surface area contributed by atoms with Crippen LogP contribution >= 0.6 is 0 Å². The topological polar surface area (TPSA) is 67.9 Å². The lowest BCUT2D eigenvalue weighted by Crippen LogP contribution is -2.41. The molecule has 6 heteroatoms. The standard InChI is InChI=1S/C25H30N2O4/c1-17-21(25(29)27-11-13-31-14-12-27)7-4-8-23(17)26-24(28)16-19-6-3-5-18-15-20(30-2)9-10-22(18)19/h4,7-10,15,19H,3,5-6,11-14,16H2,1-2H3,(H,26,28). The third-order valence-electron chi connectivity index (χ3n) is 6.36.